The highest BCUT2D eigenvalue weighted by Gasteiger charge is 2.33. The van der Waals surface area contributed by atoms with Gasteiger partial charge < -0.3 is 14.6 Å². The van der Waals surface area contributed by atoms with Crippen molar-refractivity contribution >= 4 is 32.6 Å². The number of phenols is 1. The summed E-state index contributed by atoms with van der Waals surface area (Å²) in [6.45, 7) is 2.10. The quantitative estimate of drug-likeness (QED) is 0.518. The van der Waals surface area contributed by atoms with Crippen molar-refractivity contribution in [2.75, 3.05) is 20.1 Å². The molecule has 2 aliphatic rings. The van der Waals surface area contributed by atoms with E-state index in [0.29, 0.717) is 28.6 Å². The number of aromatic nitrogens is 4. The summed E-state index contributed by atoms with van der Waals surface area (Å²) in [4.78, 5) is 7.11. The summed E-state index contributed by atoms with van der Waals surface area (Å²) in [7, 11) is 2.15. The van der Waals surface area contributed by atoms with E-state index in [1.54, 1.807) is 0 Å². The Kier molecular flexibility index (Phi) is 4.08. The van der Waals surface area contributed by atoms with Crippen molar-refractivity contribution in [2.45, 2.75) is 37.6 Å². The van der Waals surface area contributed by atoms with E-state index in [1.165, 1.54) is 6.07 Å². The first kappa shape index (κ1) is 18.2. The SMILES string of the molecule is CN1CCC[C@@H](n2cnc3c(C4CC4)c(-c4ccc5sc(F)cc5c4O)nnc32)C1. The topological polar surface area (TPSA) is 67.1 Å². The molecule has 1 aromatic carbocycles. The summed E-state index contributed by atoms with van der Waals surface area (Å²) in [5.41, 5.74) is 4.04. The van der Waals surface area contributed by atoms with Gasteiger partial charge in [0.2, 0.25) is 0 Å². The summed E-state index contributed by atoms with van der Waals surface area (Å²) in [5.74, 6) is 0.446. The van der Waals surface area contributed by atoms with Gasteiger partial charge in [-0.15, -0.1) is 21.5 Å². The lowest BCUT2D eigenvalue weighted by atomic mass is 10.00. The standard InChI is InChI=1S/C22H22FN5OS/c1-27-8-2-3-13(10-27)28-11-24-20-18(12-4-5-12)19(25-26-22(20)28)14-6-7-16-15(21(14)29)9-17(23)30-16/h6-7,9,11-13,29H,2-5,8,10H2,1H3/t13-/m1/s1. The Bertz CT molecular complexity index is 1280. The molecule has 30 heavy (non-hydrogen) atoms. The fourth-order valence-electron chi connectivity index (χ4n) is 4.76. The first-order valence-corrected chi connectivity index (χ1v) is 11.2. The third-order valence-electron chi connectivity index (χ3n) is 6.40. The number of halogens is 1. The molecule has 2 fully saturated rings. The van der Waals surface area contributed by atoms with Crippen LogP contribution < -0.4 is 0 Å². The number of aromatic hydroxyl groups is 1. The molecular formula is C22H22FN5OS. The van der Waals surface area contributed by atoms with E-state index in [0.717, 1.165) is 71.5 Å². The molecule has 1 saturated carbocycles. The highest BCUT2D eigenvalue weighted by atomic mass is 32.1. The summed E-state index contributed by atoms with van der Waals surface area (Å²) in [5, 5.41) is 20.3. The van der Waals surface area contributed by atoms with Crippen LogP contribution in [0, 0.1) is 5.13 Å². The van der Waals surface area contributed by atoms with Crippen LogP contribution in [0.4, 0.5) is 4.39 Å². The number of likely N-dealkylation sites (tertiary alicyclic amines) is 1. The summed E-state index contributed by atoms with van der Waals surface area (Å²) < 4.78 is 16.6. The van der Waals surface area contributed by atoms with Gasteiger partial charge in [-0.2, -0.15) is 4.39 Å². The second kappa shape index (κ2) is 6.72. The van der Waals surface area contributed by atoms with Crippen LogP contribution in [-0.2, 0) is 0 Å². The average molecular weight is 424 g/mol. The predicted molar refractivity (Wildman–Crippen MR) is 116 cm³/mol. The number of piperidine rings is 1. The second-order valence-electron chi connectivity index (χ2n) is 8.54. The number of hydrogen-bond donors (Lipinski definition) is 1. The number of hydrogen-bond acceptors (Lipinski definition) is 6. The highest BCUT2D eigenvalue weighted by molar-refractivity contribution is 7.17. The van der Waals surface area contributed by atoms with E-state index in [-0.39, 0.29) is 10.9 Å². The molecule has 3 aromatic heterocycles. The van der Waals surface area contributed by atoms with Gasteiger partial charge in [-0.3, -0.25) is 0 Å². The number of thiophene rings is 1. The minimum Gasteiger partial charge on any atom is -0.507 e. The predicted octanol–water partition coefficient (Wildman–Crippen LogP) is 4.70. The Morgan fingerprint density at radius 1 is 1.20 bits per heavy atom. The fraction of sp³-hybridized carbons (Fsp3) is 0.409. The number of nitrogens with zero attached hydrogens (tertiary/aromatic N) is 5. The van der Waals surface area contributed by atoms with Crippen LogP contribution in [0.25, 0.3) is 32.5 Å². The van der Waals surface area contributed by atoms with Crippen molar-refractivity contribution in [3.63, 3.8) is 0 Å². The summed E-state index contributed by atoms with van der Waals surface area (Å²) >= 11 is 1.03. The molecular weight excluding hydrogens is 401 g/mol. The van der Waals surface area contributed by atoms with Gasteiger partial charge in [0.1, 0.15) is 17.0 Å². The molecule has 4 heterocycles. The van der Waals surface area contributed by atoms with Gasteiger partial charge in [-0.05, 0) is 63.4 Å². The maximum Gasteiger partial charge on any atom is 0.183 e. The van der Waals surface area contributed by atoms with E-state index in [4.69, 9.17) is 4.98 Å². The first-order chi connectivity index (χ1) is 14.6. The first-order valence-electron chi connectivity index (χ1n) is 10.4. The molecule has 154 valence electrons. The Balaban J connectivity index is 1.52. The van der Waals surface area contributed by atoms with Crippen LogP contribution in [0.5, 0.6) is 5.75 Å². The second-order valence-corrected chi connectivity index (χ2v) is 9.58. The Morgan fingerprint density at radius 2 is 2.07 bits per heavy atom. The van der Waals surface area contributed by atoms with Crippen LogP contribution in [0.3, 0.4) is 0 Å². The zero-order valence-corrected chi connectivity index (χ0v) is 17.5. The molecule has 1 saturated heterocycles. The number of imidazole rings is 1. The lowest BCUT2D eigenvalue weighted by Gasteiger charge is -2.30. The van der Waals surface area contributed by atoms with Crippen LogP contribution in [0.2, 0.25) is 0 Å². The maximum atomic E-state index is 13.7. The van der Waals surface area contributed by atoms with E-state index in [1.807, 2.05) is 18.5 Å². The highest BCUT2D eigenvalue weighted by Crippen LogP contribution is 2.48. The number of fused-ring (bicyclic) bond motifs is 2. The number of likely N-dealkylation sites (N-methyl/N-ethyl adjacent to an activating group) is 1. The fourth-order valence-corrected chi connectivity index (χ4v) is 5.54. The molecule has 0 radical (unpaired) electrons. The van der Waals surface area contributed by atoms with Crippen molar-refractivity contribution in [3.05, 3.63) is 35.2 Å². The van der Waals surface area contributed by atoms with Crippen LogP contribution >= 0.6 is 11.3 Å². The van der Waals surface area contributed by atoms with Crippen molar-refractivity contribution in [3.8, 4) is 17.0 Å². The third-order valence-corrected chi connectivity index (χ3v) is 7.29. The van der Waals surface area contributed by atoms with E-state index in [9.17, 15) is 9.50 Å². The van der Waals surface area contributed by atoms with Crippen molar-refractivity contribution in [1.29, 1.82) is 0 Å². The van der Waals surface area contributed by atoms with Gasteiger partial charge in [0.25, 0.3) is 0 Å². The molecule has 0 unspecified atom stereocenters. The largest absolute Gasteiger partial charge is 0.507 e. The Morgan fingerprint density at radius 3 is 2.87 bits per heavy atom. The summed E-state index contributed by atoms with van der Waals surface area (Å²) in [6, 6.07) is 5.40. The van der Waals surface area contributed by atoms with Crippen LogP contribution in [0.1, 0.15) is 43.2 Å². The molecule has 6 nitrogen and oxygen atoms in total. The molecule has 0 bridgehead atoms. The number of rotatable bonds is 3. The lowest BCUT2D eigenvalue weighted by Crippen LogP contribution is -2.33. The van der Waals surface area contributed by atoms with Crippen molar-refractivity contribution in [1.82, 2.24) is 24.6 Å². The van der Waals surface area contributed by atoms with Gasteiger partial charge in [-0.25, -0.2) is 4.98 Å². The third kappa shape index (κ3) is 2.81. The monoisotopic (exact) mass is 423 g/mol. The molecule has 0 amide bonds. The van der Waals surface area contributed by atoms with Crippen molar-refractivity contribution in [2.24, 2.45) is 0 Å². The number of benzene rings is 1. The van der Waals surface area contributed by atoms with Crippen LogP contribution in [-0.4, -0.2) is 49.9 Å². The normalized spacial score (nSPS) is 20.4. The van der Waals surface area contributed by atoms with Gasteiger partial charge in [0.15, 0.2) is 10.8 Å². The Labute approximate surface area is 177 Å². The molecule has 1 aliphatic carbocycles. The summed E-state index contributed by atoms with van der Waals surface area (Å²) in [6.07, 6.45) is 6.34. The van der Waals surface area contributed by atoms with Gasteiger partial charge in [-0.1, -0.05) is 0 Å². The zero-order chi connectivity index (χ0) is 20.4. The molecule has 4 aromatic rings. The van der Waals surface area contributed by atoms with E-state index >= 15 is 0 Å². The minimum atomic E-state index is -0.308. The van der Waals surface area contributed by atoms with Gasteiger partial charge >= 0.3 is 0 Å². The van der Waals surface area contributed by atoms with E-state index < -0.39 is 0 Å². The molecule has 0 spiro atoms. The minimum absolute atomic E-state index is 0.0662. The van der Waals surface area contributed by atoms with Gasteiger partial charge in [0.05, 0.1) is 6.33 Å². The molecule has 1 N–H and O–H groups in total. The lowest BCUT2D eigenvalue weighted by molar-refractivity contribution is 0.214. The zero-order valence-electron chi connectivity index (χ0n) is 16.7. The van der Waals surface area contributed by atoms with Crippen molar-refractivity contribution < 1.29 is 9.50 Å². The number of phenolic OH excluding ortho intramolecular Hbond substituents is 1. The average Bonchev–Trinajstić information content (AvgIpc) is 3.35. The molecule has 6 rings (SSSR count). The molecule has 1 aliphatic heterocycles. The maximum absolute atomic E-state index is 13.7. The van der Waals surface area contributed by atoms with E-state index in [2.05, 4.69) is 26.7 Å². The van der Waals surface area contributed by atoms with Gasteiger partial charge in [0, 0.05) is 33.8 Å². The molecule has 1 atom stereocenters. The van der Waals surface area contributed by atoms with Crippen LogP contribution in [0.15, 0.2) is 24.5 Å². The smallest absolute Gasteiger partial charge is 0.183 e. The Hall–Kier alpha value is -2.58. The molecule has 8 heteroatoms.